The van der Waals surface area contributed by atoms with Crippen LogP contribution in [-0.4, -0.2) is 15.5 Å². The van der Waals surface area contributed by atoms with Gasteiger partial charge in [-0.15, -0.1) is 0 Å². The van der Waals surface area contributed by atoms with Crippen LogP contribution in [0.1, 0.15) is 33.1 Å². The first-order chi connectivity index (χ1) is 8.83. The summed E-state index contributed by atoms with van der Waals surface area (Å²) in [6, 6.07) is 5.00. The molecule has 5 heteroatoms. The lowest BCUT2D eigenvalue weighted by molar-refractivity contribution is 0.206. The number of rotatable bonds is 2. The third-order valence-corrected chi connectivity index (χ3v) is 6.52. The van der Waals surface area contributed by atoms with Gasteiger partial charge < -0.3 is 5.73 Å². The maximum atomic E-state index is 12.8. The van der Waals surface area contributed by atoms with Gasteiger partial charge in [-0.2, -0.15) is 0 Å². The average molecular weight is 320 g/mol. The van der Waals surface area contributed by atoms with Gasteiger partial charge in [-0.3, -0.25) is 4.21 Å². The van der Waals surface area contributed by atoms with Crippen molar-refractivity contribution < 1.29 is 4.21 Å². The molecule has 1 aliphatic rings. The summed E-state index contributed by atoms with van der Waals surface area (Å²) in [7, 11) is -1.21. The first-order valence-electron chi connectivity index (χ1n) is 6.44. The summed E-state index contributed by atoms with van der Waals surface area (Å²) in [5, 5.41) is 0.995. The fraction of sp³-hybridized carbons (Fsp3) is 0.571. The van der Waals surface area contributed by atoms with Gasteiger partial charge in [0.05, 0.1) is 26.0 Å². The maximum absolute atomic E-state index is 12.8. The van der Waals surface area contributed by atoms with Crippen LogP contribution in [0.4, 0.5) is 0 Å². The van der Waals surface area contributed by atoms with Gasteiger partial charge in [0.25, 0.3) is 0 Å². The number of nitrogens with two attached hydrogens (primary N) is 1. The Labute approximate surface area is 127 Å². The molecule has 3 unspecified atom stereocenters. The Morgan fingerprint density at radius 3 is 2.74 bits per heavy atom. The highest BCUT2D eigenvalue weighted by molar-refractivity contribution is 7.85. The van der Waals surface area contributed by atoms with Crippen LogP contribution in [-0.2, 0) is 10.8 Å². The zero-order chi connectivity index (χ0) is 14.2. The van der Waals surface area contributed by atoms with Gasteiger partial charge >= 0.3 is 0 Å². The Balaban J connectivity index is 2.31. The van der Waals surface area contributed by atoms with Crippen LogP contribution in [0.2, 0.25) is 10.0 Å². The summed E-state index contributed by atoms with van der Waals surface area (Å²) in [5.74, 6) is 0. The lowest BCUT2D eigenvalue weighted by atomic mass is 9.73. The molecular formula is C14H19Cl2NOS. The van der Waals surface area contributed by atoms with E-state index in [0.717, 1.165) is 19.3 Å². The Kier molecular flexibility index (Phi) is 4.61. The van der Waals surface area contributed by atoms with Crippen molar-refractivity contribution in [2.45, 2.75) is 49.3 Å². The monoisotopic (exact) mass is 319 g/mol. The highest BCUT2D eigenvalue weighted by atomic mass is 35.5. The van der Waals surface area contributed by atoms with E-state index >= 15 is 0 Å². The minimum absolute atomic E-state index is 0.0175. The average Bonchev–Trinajstić information content (AvgIpc) is 2.35. The van der Waals surface area contributed by atoms with E-state index in [2.05, 4.69) is 13.8 Å². The van der Waals surface area contributed by atoms with Gasteiger partial charge in [0, 0.05) is 11.1 Å². The molecule has 0 amide bonds. The van der Waals surface area contributed by atoms with Crippen molar-refractivity contribution >= 4 is 34.0 Å². The van der Waals surface area contributed by atoms with Crippen LogP contribution in [0, 0.1) is 5.41 Å². The van der Waals surface area contributed by atoms with Crippen molar-refractivity contribution in [3.8, 4) is 0 Å². The number of hydrogen-bond acceptors (Lipinski definition) is 2. The minimum atomic E-state index is -1.21. The quantitative estimate of drug-likeness (QED) is 0.895. The van der Waals surface area contributed by atoms with Crippen LogP contribution in [0.15, 0.2) is 23.1 Å². The first-order valence-corrected chi connectivity index (χ1v) is 8.41. The topological polar surface area (TPSA) is 43.1 Å². The Morgan fingerprint density at radius 2 is 2.05 bits per heavy atom. The van der Waals surface area contributed by atoms with Crippen LogP contribution in [0.25, 0.3) is 0 Å². The molecule has 1 aliphatic carbocycles. The predicted octanol–water partition coefficient (Wildman–Crippen LogP) is 4.01. The van der Waals surface area contributed by atoms with Crippen LogP contribution < -0.4 is 5.73 Å². The second-order valence-electron chi connectivity index (χ2n) is 5.82. The standard InChI is InChI=1S/C14H19Cl2NOS/c1-14(2)7-3-4-11(13(14)17)19(18)12-8-9(15)5-6-10(12)16/h5-6,8,11,13H,3-4,7,17H2,1-2H3. The normalized spacial score (nSPS) is 28.1. The van der Waals surface area contributed by atoms with E-state index < -0.39 is 10.8 Å². The van der Waals surface area contributed by atoms with E-state index in [1.165, 1.54) is 0 Å². The first kappa shape index (κ1) is 15.3. The summed E-state index contributed by atoms with van der Waals surface area (Å²) in [5.41, 5.74) is 6.33. The summed E-state index contributed by atoms with van der Waals surface area (Å²) in [6.07, 6.45) is 3.00. The molecule has 2 rings (SSSR count). The molecular weight excluding hydrogens is 301 g/mol. The Morgan fingerprint density at radius 1 is 1.37 bits per heavy atom. The largest absolute Gasteiger partial charge is 0.326 e. The van der Waals surface area contributed by atoms with E-state index in [4.69, 9.17) is 28.9 Å². The summed E-state index contributed by atoms with van der Waals surface area (Å²) < 4.78 is 12.8. The van der Waals surface area contributed by atoms with Crippen LogP contribution in [0.5, 0.6) is 0 Å². The van der Waals surface area contributed by atoms with Gasteiger partial charge in [0.15, 0.2) is 0 Å². The maximum Gasteiger partial charge on any atom is 0.0592 e. The second-order valence-corrected chi connectivity index (χ2v) is 8.30. The van der Waals surface area contributed by atoms with Crippen molar-refractivity contribution in [1.82, 2.24) is 0 Å². The molecule has 2 nitrogen and oxygen atoms in total. The summed E-state index contributed by atoms with van der Waals surface area (Å²) in [6.45, 7) is 4.28. The van der Waals surface area contributed by atoms with Crippen molar-refractivity contribution in [3.63, 3.8) is 0 Å². The molecule has 0 saturated heterocycles. The van der Waals surface area contributed by atoms with E-state index in [1.54, 1.807) is 18.2 Å². The Bertz CT molecular complexity index is 504. The molecule has 0 radical (unpaired) electrons. The molecule has 1 aromatic rings. The smallest absolute Gasteiger partial charge is 0.0592 e. The Hall–Kier alpha value is -0.0900. The third kappa shape index (κ3) is 3.15. The minimum Gasteiger partial charge on any atom is -0.326 e. The van der Waals surface area contributed by atoms with Gasteiger partial charge in [0.2, 0.25) is 0 Å². The van der Waals surface area contributed by atoms with E-state index in [1.807, 2.05) is 0 Å². The molecule has 106 valence electrons. The molecule has 0 aromatic heterocycles. The van der Waals surface area contributed by atoms with Gasteiger partial charge in [-0.1, -0.05) is 43.5 Å². The van der Waals surface area contributed by atoms with Crippen molar-refractivity contribution in [2.24, 2.45) is 11.1 Å². The van der Waals surface area contributed by atoms with Gasteiger partial charge in [0.1, 0.15) is 0 Å². The SMILES string of the molecule is CC1(C)CCCC(S(=O)c2cc(Cl)ccc2Cl)C1N. The molecule has 0 spiro atoms. The summed E-state index contributed by atoms with van der Waals surface area (Å²) in [4.78, 5) is 0.604. The zero-order valence-electron chi connectivity index (χ0n) is 11.2. The number of halogens is 2. The van der Waals surface area contributed by atoms with Gasteiger partial charge in [-0.05, 0) is 36.5 Å². The van der Waals surface area contributed by atoms with Crippen LogP contribution in [0.3, 0.4) is 0 Å². The molecule has 3 atom stereocenters. The molecule has 1 aromatic carbocycles. The fourth-order valence-electron chi connectivity index (χ4n) is 2.64. The second kappa shape index (κ2) is 5.72. The third-order valence-electron chi connectivity index (χ3n) is 4.00. The predicted molar refractivity (Wildman–Crippen MR) is 82.3 cm³/mol. The molecule has 1 saturated carbocycles. The lowest BCUT2D eigenvalue weighted by Gasteiger charge is -2.41. The molecule has 0 aliphatic heterocycles. The molecule has 0 heterocycles. The fourth-order valence-corrected chi connectivity index (χ4v) is 5.07. The molecule has 19 heavy (non-hydrogen) atoms. The molecule has 0 bridgehead atoms. The molecule has 2 N–H and O–H groups in total. The number of hydrogen-bond donors (Lipinski definition) is 1. The summed E-state index contributed by atoms with van der Waals surface area (Å²) >= 11 is 12.1. The van der Waals surface area contributed by atoms with Crippen LogP contribution >= 0.6 is 23.2 Å². The molecule has 1 fully saturated rings. The lowest BCUT2D eigenvalue weighted by Crippen LogP contribution is -2.51. The van der Waals surface area contributed by atoms with Crippen molar-refractivity contribution in [1.29, 1.82) is 0 Å². The van der Waals surface area contributed by atoms with Crippen molar-refractivity contribution in [2.75, 3.05) is 0 Å². The highest BCUT2D eigenvalue weighted by Crippen LogP contribution is 2.39. The zero-order valence-corrected chi connectivity index (χ0v) is 13.5. The van der Waals surface area contributed by atoms with Gasteiger partial charge in [-0.25, -0.2) is 0 Å². The van der Waals surface area contributed by atoms with E-state index in [0.29, 0.717) is 14.9 Å². The van der Waals surface area contributed by atoms with E-state index in [9.17, 15) is 4.21 Å². The van der Waals surface area contributed by atoms with Crippen molar-refractivity contribution in [3.05, 3.63) is 28.2 Å². The highest BCUT2D eigenvalue weighted by Gasteiger charge is 2.40. The number of benzene rings is 1. The van der Waals surface area contributed by atoms with E-state index in [-0.39, 0.29) is 16.7 Å².